The van der Waals surface area contributed by atoms with Gasteiger partial charge in [-0.05, 0) is 55.1 Å². The molecule has 1 saturated heterocycles. The lowest BCUT2D eigenvalue weighted by atomic mass is 9.87. The molecule has 3 heteroatoms. The Kier molecular flexibility index (Phi) is 3.26. The summed E-state index contributed by atoms with van der Waals surface area (Å²) in [5, 5.41) is 9.71. The van der Waals surface area contributed by atoms with Gasteiger partial charge in [0.2, 0.25) is 0 Å². The molecule has 4 unspecified atom stereocenters. The minimum atomic E-state index is -0.594. The van der Waals surface area contributed by atoms with Crippen molar-refractivity contribution in [3.63, 3.8) is 0 Å². The Morgan fingerprint density at radius 2 is 1.95 bits per heavy atom. The lowest BCUT2D eigenvalue weighted by Gasteiger charge is -2.36. The number of fused-ring (bicyclic) bond motifs is 2. The Morgan fingerprint density at radius 3 is 2.76 bits per heavy atom. The summed E-state index contributed by atoms with van der Waals surface area (Å²) < 4.78 is 0. The Hall–Kier alpha value is -1.35. The number of hydrogen-bond acceptors (Lipinski definition) is 2. The first-order valence-electron chi connectivity index (χ1n) is 8.29. The largest absolute Gasteiger partial charge is 0.480 e. The van der Waals surface area contributed by atoms with Crippen molar-refractivity contribution in [2.24, 2.45) is 11.8 Å². The zero-order valence-electron chi connectivity index (χ0n) is 12.4. The molecule has 0 radical (unpaired) electrons. The van der Waals surface area contributed by atoms with E-state index < -0.39 is 5.97 Å². The van der Waals surface area contributed by atoms with Crippen LogP contribution in [0.25, 0.3) is 0 Å². The summed E-state index contributed by atoms with van der Waals surface area (Å²) in [6.45, 7) is 1.01. The van der Waals surface area contributed by atoms with Crippen molar-refractivity contribution in [2.75, 3.05) is 6.54 Å². The van der Waals surface area contributed by atoms with Crippen molar-refractivity contribution in [1.29, 1.82) is 0 Å². The van der Waals surface area contributed by atoms with Gasteiger partial charge in [0.1, 0.15) is 6.04 Å². The van der Waals surface area contributed by atoms with E-state index in [1.807, 2.05) is 0 Å². The molecule has 0 amide bonds. The van der Waals surface area contributed by atoms with Gasteiger partial charge in [-0.2, -0.15) is 0 Å². The Balaban J connectivity index is 1.58. The number of nitrogens with zero attached hydrogens (tertiary/aromatic N) is 1. The minimum Gasteiger partial charge on any atom is -0.480 e. The normalized spacial score (nSPS) is 35.4. The molecule has 4 atom stereocenters. The maximum Gasteiger partial charge on any atom is 0.321 e. The number of carboxylic acid groups (broad SMARTS) is 1. The molecule has 21 heavy (non-hydrogen) atoms. The van der Waals surface area contributed by atoms with Crippen molar-refractivity contribution < 1.29 is 9.90 Å². The van der Waals surface area contributed by atoms with Crippen LogP contribution in [-0.4, -0.2) is 34.6 Å². The molecule has 1 saturated carbocycles. The van der Waals surface area contributed by atoms with Gasteiger partial charge < -0.3 is 5.11 Å². The van der Waals surface area contributed by atoms with E-state index in [1.54, 1.807) is 0 Å². The predicted molar refractivity (Wildman–Crippen MR) is 81.2 cm³/mol. The second-order valence-corrected chi connectivity index (χ2v) is 7.00. The molecule has 4 rings (SSSR count). The summed E-state index contributed by atoms with van der Waals surface area (Å²) in [6.07, 6.45) is 6.80. The highest BCUT2D eigenvalue weighted by atomic mass is 16.4. The third-order valence-corrected chi connectivity index (χ3v) is 5.97. The van der Waals surface area contributed by atoms with E-state index in [9.17, 15) is 9.90 Å². The first kappa shape index (κ1) is 13.3. The Morgan fingerprint density at radius 1 is 1.14 bits per heavy atom. The molecule has 1 heterocycles. The van der Waals surface area contributed by atoms with Crippen LogP contribution < -0.4 is 0 Å². The second kappa shape index (κ2) is 5.13. The third kappa shape index (κ3) is 2.18. The standard InChI is InChI=1S/C18H23NO2/c20-18(21)17-16-7-3-6-14(16)11-19(17)15-9-8-12-4-1-2-5-13(12)10-15/h1-2,4-5,14-17H,3,6-11H2,(H,20,21). The van der Waals surface area contributed by atoms with E-state index in [-0.39, 0.29) is 6.04 Å². The molecule has 0 spiro atoms. The first-order valence-corrected chi connectivity index (χ1v) is 8.29. The van der Waals surface area contributed by atoms with Crippen LogP contribution >= 0.6 is 0 Å². The molecule has 0 bridgehead atoms. The predicted octanol–water partition coefficient (Wildman–Crippen LogP) is 2.73. The fraction of sp³-hybridized carbons (Fsp3) is 0.611. The zero-order chi connectivity index (χ0) is 14.4. The highest BCUT2D eigenvalue weighted by Gasteiger charge is 2.49. The monoisotopic (exact) mass is 285 g/mol. The van der Waals surface area contributed by atoms with Crippen molar-refractivity contribution in [3.8, 4) is 0 Å². The number of hydrogen-bond donors (Lipinski definition) is 1. The summed E-state index contributed by atoms with van der Waals surface area (Å²) in [6, 6.07) is 8.85. The van der Waals surface area contributed by atoms with Gasteiger partial charge >= 0.3 is 5.97 Å². The summed E-state index contributed by atoms with van der Waals surface area (Å²) in [4.78, 5) is 14.1. The van der Waals surface area contributed by atoms with Gasteiger partial charge in [-0.25, -0.2) is 0 Å². The third-order valence-electron chi connectivity index (χ3n) is 5.97. The first-order chi connectivity index (χ1) is 10.2. The van der Waals surface area contributed by atoms with Gasteiger partial charge in [-0.15, -0.1) is 0 Å². The fourth-order valence-electron chi connectivity index (χ4n) is 5.00. The Bertz CT molecular complexity index is 556. The summed E-state index contributed by atoms with van der Waals surface area (Å²) in [5.41, 5.74) is 2.88. The maximum absolute atomic E-state index is 11.8. The number of carbonyl (C=O) groups is 1. The van der Waals surface area contributed by atoms with Gasteiger partial charge in [0.05, 0.1) is 0 Å². The minimum absolute atomic E-state index is 0.229. The second-order valence-electron chi connectivity index (χ2n) is 7.00. The highest BCUT2D eigenvalue weighted by Crippen LogP contribution is 2.44. The summed E-state index contributed by atoms with van der Waals surface area (Å²) >= 11 is 0. The molecule has 1 aromatic carbocycles. The van der Waals surface area contributed by atoms with E-state index in [2.05, 4.69) is 29.2 Å². The van der Waals surface area contributed by atoms with Crippen LogP contribution in [0.1, 0.15) is 36.8 Å². The smallest absolute Gasteiger partial charge is 0.321 e. The lowest BCUT2D eigenvalue weighted by molar-refractivity contribution is -0.144. The molecule has 2 fully saturated rings. The fourth-order valence-corrected chi connectivity index (χ4v) is 5.00. The van der Waals surface area contributed by atoms with Crippen molar-refractivity contribution in [1.82, 2.24) is 4.90 Å². The van der Waals surface area contributed by atoms with Crippen molar-refractivity contribution in [3.05, 3.63) is 35.4 Å². The van der Waals surface area contributed by atoms with E-state index in [4.69, 9.17) is 0 Å². The number of carboxylic acids is 1. The number of benzene rings is 1. The van der Waals surface area contributed by atoms with E-state index in [0.717, 1.165) is 32.2 Å². The van der Waals surface area contributed by atoms with Gasteiger partial charge in [0.25, 0.3) is 0 Å². The van der Waals surface area contributed by atoms with Crippen LogP contribution in [0.4, 0.5) is 0 Å². The maximum atomic E-state index is 11.8. The average Bonchev–Trinajstić information content (AvgIpc) is 3.06. The average molecular weight is 285 g/mol. The molecule has 3 aliphatic rings. The van der Waals surface area contributed by atoms with Crippen molar-refractivity contribution in [2.45, 2.75) is 50.6 Å². The Labute approximate surface area is 126 Å². The number of aryl methyl sites for hydroxylation is 1. The lowest BCUT2D eigenvalue weighted by Crippen LogP contribution is -2.47. The van der Waals surface area contributed by atoms with E-state index in [1.165, 1.54) is 24.0 Å². The molecule has 112 valence electrons. The topological polar surface area (TPSA) is 40.5 Å². The van der Waals surface area contributed by atoms with Gasteiger partial charge in [0.15, 0.2) is 0 Å². The van der Waals surface area contributed by atoms with Crippen LogP contribution in [0.5, 0.6) is 0 Å². The molecular formula is C18H23NO2. The van der Waals surface area contributed by atoms with E-state index in [0.29, 0.717) is 17.9 Å². The molecule has 2 aliphatic carbocycles. The molecule has 3 nitrogen and oxygen atoms in total. The van der Waals surface area contributed by atoms with Crippen molar-refractivity contribution >= 4 is 5.97 Å². The summed E-state index contributed by atoms with van der Waals surface area (Å²) in [5.74, 6) is 0.436. The van der Waals surface area contributed by atoms with Crippen LogP contribution in [0.2, 0.25) is 0 Å². The number of likely N-dealkylation sites (tertiary alicyclic amines) is 1. The molecule has 1 aromatic rings. The van der Waals surface area contributed by atoms with Gasteiger partial charge in [-0.3, -0.25) is 9.69 Å². The molecule has 1 N–H and O–H groups in total. The van der Waals surface area contributed by atoms with Crippen LogP contribution in [0.3, 0.4) is 0 Å². The van der Waals surface area contributed by atoms with Crippen LogP contribution in [-0.2, 0) is 17.6 Å². The number of aliphatic carboxylic acids is 1. The molecular weight excluding hydrogens is 262 g/mol. The van der Waals surface area contributed by atoms with E-state index >= 15 is 0 Å². The van der Waals surface area contributed by atoms with Gasteiger partial charge in [0, 0.05) is 12.6 Å². The summed E-state index contributed by atoms with van der Waals surface area (Å²) in [7, 11) is 0. The zero-order valence-corrected chi connectivity index (χ0v) is 12.4. The SMILES string of the molecule is O=C(O)C1C2CCCC2CN1C1CCc2ccccc2C1. The molecule has 0 aromatic heterocycles. The quantitative estimate of drug-likeness (QED) is 0.908. The number of rotatable bonds is 2. The molecule has 1 aliphatic heterocycles. The van der Waals surface area contributed by atoms with Crippen LogP contribution in [0, 0.1) is 11.8 Å². The van der Waals surface area contributed by atoms with Crippen LogP contribution in [0.15, 0.2) is 24.3 Å². The highest BCUT2D eigenvalue weighted by molar-refractivity contribution is 5.74. The van der Waals surface area contributed by atoms with Gasteiger partial charge in [-0.1, -0.05) is 30.7 Å².